The Hall–Kier alpha value is -1.81. The number of aryl methyl sites for hydroxylation is 1. The van der Waals surface area contributed by atoms with Gasteiger partial charge < -0.3 is 14.8 Å². The molecule has 1 unspecified atom stereocenters. The molecule has 0 aliphatic heterocycles. The number of rotatable bonds is 5. The van der Waals surface area contributed by atoms with Crippen LogP contribution in [0.3, 0.4) is 0 Å². The van der Waals surface area contributed by atoms with E-state index in [4.69, 9.17) is 9.52 Å². The number of para-hydroxylation sites is 1. The Morgan fingerprint density at radius 2 is 2.17 bits per heavy atom. The van der Waals surface area contributed by atoms with Crippen LogP contribution in [0.15, 0.2) is 28.7 Å². The summed E-state index contributed by atoms with van der Waals surface area (Å²) in [6.07, 6.45) is 0.799. The second-order valence-electron chi connectivity index (χ2n) is 4.29. The van der Waals surface area contributed by atoms with Crippen molar-refractivity contribution in [2.75, 3.05) is 0 Å². The van der Waals surface area contributed by atoms with Gasteiger partial charge in [-0.15, -0.1) is 0 Å². The van der Waals surface area contributed by atoms with E-state index in [-0.39, 0.29) is 0 Å². The summed E-state index contributed by atoms with van der Waals surface area (Å²) in [4.78, 5) is 10.8. The Balaban J connectivity index is 2.28. The van der Waals surface area contributed by atoms with Crippen molar-refractivity contribution in [3.8, 4) is 0 Å². The normalized spacial score (nSPS) is 12.8. The van der Waals surface area contributed by atoms with Gasteiger partial charge in [-0.2, -0.15) is 0 Å². The first-order valence-corrected chi connectivity index (χ1v) is 6.09. The molecule has 0 saturated heterocycles. The number of carbonyl (C=O) groups is 1. The maximum atomic E-state index is 10.8. The van der Waals surface area contributed by atoms with Gasteiger partial charge in [0.15, 0.2) is 0 Å². The van der Waals surface area contributed by atoms with E-state index in [9.17, 15) is 4.79 Å². The second-order valence-corrected chi connectivity index (χ2v) is 4.29. The fraction of sp³-hybridized carbons (Fsp3) is 0.357. The smallest absolute Gasteiger partial charge is 0.320 e. The molecule has 4 nitrogen and oxygen atoms in total. The van der Waals surface area contributed by atoms with Gasteiger partial charge in [0.25, 0.3) is 0 Å². The van der Waals surface area contributed by atoms with Crippen LogP contribution in [0, 0.1) is 0 Å². The van der Waals surface area contributed by atoms with Crippen LogP contribution in [-0.2, 0) is 17.8 Å². The molecule has 0 aliphatic rings. The van der Waals surface area contributed by atoms with Gasteiger partial charge in [-0.05, 0) is 13.0 Å². The Kier molecular flexibility index (Phi) is 3.67. The molecule has 0 spiro atoms. The van der Waals surface area contributed by atoms with Crippen molar-refractivity contribution in [2.24, 2.45) is 0 Å². The van der Waals surface area contributed by atoms with E-state index in [1.807, 2.05) is 31.2 Å². The first kappa shape index (κ1) is 12.6. The van der Waals surface area contributed by atoms with Crippen LogP contribution in [0.25, 0.3) is 11.0 Å². The van der Waals surface area contributed by atoms with Crippen molar-refractivity contribution in [1.82, 2.24) is 5.32 Å². The second kappa shape index (κ2) is 5.23. The monoisotopic (exact) mass is 247 g/mol. The number of carboxylic acids is 1. The molecular formula is C14H17NO3. The third-order valence-electron chi connectivity index (χ3n) is 3.06. The van der Waals surface area contributed by atoms with E-state index in [2.05, 4.69) is 5.32 Å². The van der Waals surface area contributed by atoms with Crippen molar-refractivity contribution in [1.29, 1.82) is 0 Å². The van der Waals surface area contributed by atoms with Gasteiger partial charge in [0.2, 0.25) is 0 Å². The van der Waals surface area contributed by atoms with Gasteiger partial charge in [0, 0.05) is 23.9 Å². The largest absolute Gasteiger partial charge is 0.480 e. The van der Waals surface area contributed by atoms with Crippen molar-refractivity contribution in [3.63, 3.8) is 0 Å². The van der Waals surface area contributed by atoms with Crippen molar-refractivity contribution < 1.29 is 14.3 Å². The molecule has 0 bridgehead atoms. The summed E-state index contributed by atoms with van der Waals surface area (Å²) in [7, 11) is 0. The fourth-order valence-electron chi connectivity index (χ4n) is 1.97. The Morgan fingerprint density at radius 3 is 2.83 bits per heavy atom. The molecule has 0 saturated carbocycles. The maximum absolute atomic E-state index is 10.8. The Labute approximate surface area is 106 Å². The minimum Gasteiger partial charge on any atom is -0.480 e. The summed E-state index contributed by atoms with van der Waals surface area (Å²) in [6.45, 7) is 4.17. The molecule has 18 heavy (non-hydrogen) atoms. The van der Waals surface area contributed by atoms with Gasteiger partial charge in [-0.3, -0.25) is 4.79 Å². The Bertz CT molecular complexity index is 559. The maximum Gasteiger partial charge on any atom is 0.320 e. The third-order valence-corrected chi connectivity index (χ3v) is 3.06. The van der Waals surface area contributed by atoms with Gasteiger partial charge in [-0.1, -0.05) is 25.1 Å². The molecule has 1 atom stereocenters. The summed E-state index contributed by atoms with van der Waals surface area (Å²) in [5, 5.41) is 12.9. The average Bonchev–Trinajstić information content (AvgIpc) is 2.73. The fourth-order valence-corrected chi connectivity index (χ4v) is 1.97. The zero-order chi connectivity index (χ0) is 13.1. The average molecular weight is 247 g/mol. The lowest BCUT2D eigenvalue weighted by molar-refractivity contribution is -0.139. The van der Waals surface area contributed by atoms with Crippen LogP contribution in [0.2, 0.25) is 0 Å². The molecular weight excluding hydrogens is 230 g/mol. The molecule has 2 rings (SSSR count). The molecule has 0 amide bonds. The van der Waals surface area contributed by atoms with E-state index >= 15 is 0 Å². The zero-order valence-corrected chi connectivity index (χ0v) is 10.6. The summed E-state index contributed by atoms with van der Waals surface area (Å²) < 4.78 is 5.75. The number of hydrogen-bond acceptors (Lipinski definition) is 3. The number of aliphatic carboxylic acids is 1. The quantitative estimate of drug-likeness (QED) is 0.852. The van der Waals surface area contributed by atoms with E-state index in [1.54, 1.807) is 6.92 Å². The lowest BCUT2D eigenvalue weighted by Crippen LogP contribution is -2.33. The predicted octanol–water partition coefficient (Wildman–Crippen LogP) is 2.56. The van der Waals surface area contributed by atoms with Crippen LogP contribution in [0.5, 0.6) is 0 Å². The molecule has 0 fully saturated rings. The first-order valence-electron chi connectivity index (χ1n) is 6.09. The van der Waals surface area contributed by atoms with Crippen molar-refractivity contribution in [2.45, 2.75) is 32.9 Å². The number of hydrogen-bond donors (Lipinski definition) is 2. The van der Waals surface area contributed by atoms with E-state index < -0.39 is 12.0 Å². The number of nitrogens with one attached hydrogen (secondary N) is 1. The Morgan fingerprint density at radius 1 is 1.44 bits per heavy atom. The number of fused-ring (bicyclic) bond motifs is 1. The van der Waals surface area contributed by atoms with Crippen LogP contribution in [-0.4, -0.2) is 17.1 Å². The minimum atomic E-state index is -0.846. The number of furan rings is 1. The van der Waals surface area contributed by atoms with E-state index in [0.29, 0.717) is 6.54 Å². The zero-order valence-electron chi connectivity index (χ0n) is 10.6. The topological polar surface area (TPSA) is 62.5 Å². The summed E-state index contributed by atoms with van der Waals surface area (Å²) in [5.41, 5.74) is 1.91. The number of benzene rings is 1. The SMILES string of the molecule is CCc1oc2ccccc2c1CNC(C)C(=O)O. The molecule has 0 radical (unpaired) electrons. The van der Waals surface area contributed by atoms with Crippen molar-refractivity contribution >= 4 is 16.9 Å². The molecule has 1 heterocycles. The number of carboxylic acid groups (broad SMARTS) is 1. The van der Waals surface area contributed by atoms with Gasteiger partial charge in [-0.25, -0.2) is 0 Å². The first-order chi connectivity index (χ1) is 8.63. The summed E-state index contributed by atoms with van der Waals surface area (Å²) in [6, 6.07) is 7.26. The standard InChI is InChI=1S/C14H17NO3/c1-3-12-11(8-15-9(2)14(16)17)10-6-4-5-7-13(10)18-12/h4-7,9,15H,3,8H2,1-2H3,(H,16,17). The molecule has 1 aromatic heterocycles. The highest BCUT2D eigenvalue weighted by Crippen LogP contribution is 2.26. The highest BCUT2D eigenvalue weighted by Gasteiger charge is 2.15. The lowest BCUT2D eigenvalue weighted by atomic mass is 10.1. The predicted molar refractivity (Wildman–Crippen MR) is 69.5 cm³/mol. The minimum absolute atomic E-state index is 0.508. The molecule has 4 heteroatoms. The van der Waals surface area contributed by atoms with Crippen LogP contribution >= 0.6 is 0 Å². The highest BCUT2D eigenvalue weighted by atomic mass is 16.4. The van der Waals surface area contributed by atoms with Gasteiger partial charge >= 0.3 is 5.97 Å². The van der Waals surface area contributed by atoms with Gasteiger partial charge in [0.1, 0.15) is 17.4 Å². The molecule has 2 aromatic rings. The third kappa shape index (κ3) is 2.38. The highest BCUT2D eigenvalue weighted by molar-refractivity contribution is 5.82. The van der Waals surface area contributed by atoms with Crippen molar-refractivity contribution in [3.05, 3.63) is 35.6 Å². The lowest BCUT2D eigenvalue weighted by Gasteiger charge is -2.08. The molecule has 1 aromatic carbocycles. The van der Waals surface area contributed by atoms with Crippen LogP contribution < -0.4 is 5.32 Å². The van der Waals surface area contributed by atoms with Crippen LogP contribution in [0.1, 0.15) is 25.2 Å². The molecule has 2 N–H and O–H groups in total. The van der Waals surface area contributed by atoms with E-state index in [0.717, 1.165) is 28.7 Å². The summed E-state index contributed by atoms with van der Waals surface area (Å²) in [5.74, 6) is 0.0714. The molecule has 0 aliphatic carbocycles. The van der Waals surface area contributed by atoms with Crippen LogP contribution in [0.4, 0.5) is 0 Å². The van der Waals surface area contributed by atoms with Gasteiger partial charge in [0.05, 0.1) is 0 Å². The molecule has 96 valence electrons. The van der Waals surface area contributed by atoms with E-state index in [1.165, 1.54) is 0 Å². The summed E-state index contributed by atoms with van der Waals surface area (Å²) >= 11 is 0.